The van der Waals surface area contributed by atoms with Gasteiger partial charge in [-0.2, -0.15) is 0 Å². The predicted octanol–water partition coefficient (Wildman–Crippen LogP) is 3.39. The summed E-state index contributed by atoms with van der Waals surface area (Å²) in [5.74, 6) is -1.19. The van der Waals surface area contributed by atoms with Gasteiger partial charge in [0.05, 0.1) is 6.42 Å². The van der Waals surface area contributed by atoms with E-state index in [1.54, 1.807) is 18.2 Å². The van der Waals surface area contributed by atoms with Crippen molar-refractivity contribution in [2.45, 2.75) is 38.1 Å². The SMILES string of the molecule is O=C(O)CN(C(=O)Cc1ccc(Cl)cc1Cl)C1CCCC1. The topological polar surface area (TPSA) is 57.6 Å². The van der Waals surface area contributed by atoms with Crippen LogP contribution in [0.25, 0.3) is 0 Å². The second-order valence-corrected chi connectivity index (χ2v) is 6.11. The van der Waals surface area contributed by atoms with Crippen molar-refractivity contribution < 1.29 is 14.7 Å². The predicted molar refractivity (Wildman–Crippen MR) is 81.8 cm³/mol. The maximum absolute atomic E-state index is 12.4. The fourth-order valence-electron chi connectivity index (χ4n) is 2.71. The van der Waals surface area contributed by atoms with E-state index in [2.05, 4.69) is 0 Å². The standard InChI is InChI=1S/C15H17Cl2NO3/c16-11-6-5-10(13(17)8-11)7-14(19)18(9-15(20)21)12-3-1-2-4-12/h5-6,8,12H,1-4,7,9H2,(H,20,21). The van der Waals surface area contributed by atoms with Gasteiger partial charge in [0.15, 0.2) is 0 Å². The van der Waals surface area contributed by atoms with Crippen molar-refractivity contribution in [3.63, 3.8) is 0 Å². The summed E-state index contributed by atoms with van der Waals surface area (Å²) < 4.78 is 0. The van der Waals surface area contributed by atoms with E-state index < -0.39 is 5.97 Å². The normalized spacial score (nSPS) is 15.1. The van der Waals surface area contributed by atoms with Gasteiger partial charge in [-0.15, -0.1) is 0 Å². The van der Waals surface area contributed by atoms with Crippen LogP contribution in [0, 0.1) is 0 Å². The summed E-state index contributed by atoms with van der Waals surface area (Å²) in [4.78, 5) is 24.9. The summed E-state index contributed by atoms with van der Waals surface area (Å²) >= 11 is 11.9. The molecule has 1 amide bonds. The first-order valence-corrected chi connectivity index (χ1v) is 7.68. The third-order valence-corrected chi connectivity index (χ3v) is 4.34. The van der Waals surface area contributed by atoms with Gasteiger partial charge in [0.25, 0.3) is 0 Å². The second-order valence-electron chi connectivity index (χ2n) is 5.27. The van der Waals surface area contributed by atoms with Crippen LogP contribution in [0.15, 0.2) is 18.2 Å². The molecule has 0 unspecified atom stereocenters. The number of amides is 1. The summed E-state index contributed by atoms with van der Waals surface area (Å²) in [6, 6.07) is 4.99. The van der Waals surface area contributed by atoms with Crippen molar-refractivity contribution in [1.29, 1.82) is 0 Å². The smallest absolute Gasteiger partial charge is 0.323 e. The Labute approximate surface area is 133 Å². The summed E-state index contributed by atoms with van der Waals surface area (Å²) in [5, 5.41) is 9.95. The molecule has 0 aliphatic heterocycles. The maximum Gasteiger partial charge on any atom is 0.323 e. The molecule has 1 aromatic carbocycles. The minimum absolute atomic E-state index is 0.0275. The summed E-state index contributed by atoms with van der Waals surface area (Å²) in [5.41, 5.74) is 0.666. The van der Waals surface area contributed by atoms with Crippen LogP contribution in [0.4, 0.5) is 0 Å². The minimum atomic E-state index is -0.988. The molecule has 0 spiro atoms. The highest BCUT2D eigenvalue weighted by molar-refractivity contribution is 6.35. The Bertz CT molecular complexity index is 542. The second kappa shape index (κ2) is 7.14. The zero-order valence-electron chi connectivity index (χ0n) is 11.5. The lowest BCUT2D eigenvalue weighted by molar-refractivity contribution is -0.145. The number of benzene rings is 1. The number of aliphatic carboxylic acids is 1. The molecule has 0 aromatic heterocycles. The molecule has 0 heterocycles. The van der Waals surface area contributed by atoms with Crippen LogP contribution in [-0.4, -0.2) is 34.5 Å². The number of rotatable bonds is 5. The number of hydrogen-bond donors (Lipinski definition) is 1. The van der Waals surface area contributed by atoms with Gasteiger partial charge >= 0.3 is 5.97 Å². The molecule has 1 aromatic rings. The van der Waals surface area contributed by atoms with Gasteiger partial charge in [0.1, 0.15) is 6.54 Å². The zero-order valence-corrected chi connectivity index (χ0v) is 13.0. The molecule has 6 heteroatoms. The van der Waals surface area contributed by atoms with Gasteiger partial charge in [-0.1, -0.05) is 42.1 Å². The number of carboxylic acid groups (broad SMARTS) is 1. The third kappa shape index (κ3) is 4.35. The van der Waals surface area contributed by atoms with Crippen LogP contribution in [0.2, 0.25) is 10.0 Å². The highest BCUT2D eigenvalue weighted by Gasteiger charge is 2.28. The Morgan fingerprint density at radius 1 is 1.24 bits per heavy atom. The summed E-state index contributed by atoms with van der Waals surface area (Å²) in [6.07, 6.45) is 3.91. The lowest BCUT2D eigenvalue weighted by Gasteiger charge is -2.27. The lowest BCUT2D eigenvalue weighted by Crippen LogP contribution is -2.43. The molecule has 114 valence electrons. The van der Waals surface area contributed by atoms with Crippen molar-refractivity contribution in [3.05, 3.63) is 33.8 Å². The zero-order chi connectivity index (χ0) is 15.4. The van der Waals surface area contributed by atoms with Gasteiger partial charge < -0.3 is 10.0 Å². The number of hydrogen-bond acceptors (Lipinski definition) is 2. The molecular formula is C15H17Cl2NO3. The Kier molecular flexibility index (Phi) is 5.48. The van der Waals surface area contributed by atoms with Gasteiger partial charge in [-0.3, -0.25) is 9.59 Å². The number of carbonyl (C=O) groups excluding carboxylic acids is 1. The van der Waals surface area contributed by atoms with Gasteiger partial charge in [0, 0.05) is 16.1 Å². The van der Waals surface area contributed by atoms with Crippen LogP contribution in [0.5, 0.6) is 0 Å². The molecule has 1 aliphatic rings. The fraction of sp³-hybridized carbons (Fsp3) is 0.467. The highest BCUT2D eigenvalue weighted by atomic mass is 35.5. The van der Waals surface area contributed by atoms with E-state index in [0.717, 1.165) is 25.7 Å². The lowest BCUT2D eigenvalue weighted by atomic mass is 10.1. The number of halogens is 2. The largest absolute Gasteiger partial charge is 0.480 e. The fourth-order valence-corrected chi connectivity index (χ4v) is 3.19. The first kappa shape index (κ1) is 16.1. The molecule has 4 nitrogen and oxygen atoms in total. The Hall–Kier alpha value is -1.26. The van der Waals surface area contributed by atoms with Crippen LogP contribution in [0.1, 0.15) is 31.2 Å². The molecule has 1 aliphatic carbocycles. The van der Waals surface area contributed by atoms with Crippen LogP contribution >= 0.6 is 23.2 Å². The molecule has 2 rings (SSSR count). The summed E-state index contributed by atoms with van der Waals surface area (Å²) in [6.45, 7) is -0.255. The van der Waals surface area contributed by atoms with Crippen molar-refractivity contribution in [2.75, 3.05) is 6.54 Å². The summed E-state index contributed by atoms with van der Waals surface area (Å²) in [7, 11) is 0. The first-order valence-electron chi connectivity index (χ1n) is 6.92. The third-order valence-electron chi connectivity index (χ3n) is 3.75. The van der Waals surface area contributed by atoms with Gasteiger partial charge in [-0.05, 0) is 30.5 Å². The quantitative estimate of drug-likeness (QED) is 0.900. The minimum Gasteiger partial charge on any atom is -0.480 e. The average Bonchev–Trinajstić information content (AvgIpc) is 2.92. The van der Waals surface area contributed by atoms with E-state index in [-0.39, 0.29) is 24.9 Å². The van der Waals surface area contributed by atoms with E-state index in [9.17, 15) is 9.59 Å². The van der Waals surface area contributed by atoms with Crippen molar-refractivity contribution in [2.24, 2.45) is 0 Å². The van der Waals surface area contributed by atoms with Crippen molar-refractivity contribution in [1.82, 2.24) is 4.90 Å². The molecule has 0 saturated heterocycles. The van der Waals surface area contributed by atoms with E-state index in [1.807, 2.05) is 0 Å². The monoisotopic (exact) mass is 329 g/mol. The molecule has 1 fully saturated rings. The van der Waals surface area contributed by atoms with Crippen LogP contribution in [0.3, 0.4) is 0 Å². The molecule has 1 saturated carbocycles. The molecule has 0 radical (unpaired) electrons. The van der Waals surface area contributed by atoms with E-state index in [1.165, 1.54) is 4.90 Å². The number of carboxylic acids is 1. The highest BCUT2D eigenvalue weighted by Crippen LogP contribution is 2.26. The van der Waals surface area contributed by atoms with E-state index in [4.69, 9.17) is 28.3 Å². The molecule has 0 atom stereocenters. The number of nitrogens with zero attached hydrogens (tertiary/aromatic N) is 1. The van der Waals surface area contributed by atoms with Gasteiger partial charge in [0.2, 0.25) is 5.91 Å². The van der Waals surface area contributed by atoms with Crippen molar-refractivity contribution in [3.8, 4) is 0 Å². The average molecular weight is 330 g/mol. The maximum atomic E-state index is 12.4. The Morgan fingerprint density at radius 2 is 1.90 bits per heavy atom. The van der Waals surface area contributed by atoms with Crippen LogP contribution < -0.4 is 0 Å². The molecule has 0 bridgehead atoms. The Morgan fingerprint density at radius 3 is 2.48 bits per heavy atom. The van der Waals surface area contributed by atoms with E-state index in [0.29, 0.717) is 15.6 Å². The first-order chi connectivity index (χ1) is 9.97. The molecule has 1 N–H and O–H groups in total. The van der Waals surface area contributed by atoms with Gasteiger partial charge in [-0.25, -0.2) is 0 Å². The molecular weight excluding hydrogens is 313 g/mol. The molecule has 21 heavy (non-hydrogen) atoms. The number of carbonyl (C=O) groups is 2. The Balaban J connectivity index is 2.11. The van der Waals surface area contributed by atoms with E-state index >= 15 is 0 Å². The van der Waals surface area contributed by atoms with Crippen LogP contribution in [-0.2, 0) is 16.0 Å². The van der Waals surface area contributed by atoms with Crippen molar-refractivity contribution >= 4 is 35.1 Å².